The molecule has 3 nitrogen and oxygen atoms in total. The van der Waals surface area contributed by atoms with Gasteiger partial charge in [0.25, 0.3) is 0 Å². The van der Waals surface area contributed by atoms with Crippen molar-refractivity contribution in [3.05, 3.63) is 10.4 Å². The third-order valence-electron chi connectivity index (χ3n) is 0.969. The Morgan fingerprint density at radius 2 is 2.70 bits per heavy atom. The highest BCUT2D eigenvalue weighted by molar-refractivity contribution is 7.09. The van der Waals surface area contributed by atoms with E-state index in [4.69, 9.17) is 4.74 Å². The highest BCUT2D eigenvalue weighted by Gasteiger charge is 1.97. The monoisotopic (exact) mass is 156 g/mol. The highest BCUT2D eigenvalue weighted by Crippen LogP contribution is 2.16. The van der Waals surface area contributed by atoms with Gasteiger partial charge in [-0.15, -0.1) is 11.3 Å². The summed E-state index contributed by atoms with van der Waals surface area (Å²) in [5.74, 6) is 0.678. The van der Waals surface area contributed by atoms with Crippen molar-refractivity contribution in [1.29, 1.82) is 0 Å². The Hall–Kier alpha value is -0.740. The fourth-order valence-corrected chi connectivity index (χ4v) is 1.26. The Balaban J connectivity index is 2.68. The van der Waals surface area contributed by atoms with Crippen LogP contribution in [0.1, 0.15) is 5.01 Å². The zero-order valence-electron chi connectivity index (χ0n) is 5.70. The van der Waals surface area contributed by atoms with Crippen LogP contribution in [0.25, 0.3) is 0 Å². The maximum atomic E-state index is 4.87. The third-order valence-corrected chi connectivity index (χ3v) is 1.78. The predicted molar refractivity (Wildman–Crippen MR) is 42.0 cm³/mol. The number of rotatable bonds is 3. The van der Waals surface area contributed by atoms with Crippen molar-refractivity contribution in [3.63, 3.8) is 0 Å². The lowest BCUT2D eigenvalue weighted by atomic mass is 10.7. The molecule has 0 radical (unpaired) electrons. The Labute approximate surface area is 63.4 Å². The first-order valence-electron chi connectivity index (χ1n) is 2.77. The first-order valence-corrected chi connectivity index (χ1v) is 3.65. The Morgan fingerprint density at radius 3 is 3.20 bits per heavy atom. The van der Waals surface area contributed by atoms with E-state index in [1.165, 1.54) is 11.3 Å². The molecular weight excluding hydrogens is 148 g/mol. The van der Waals surface area contributed by atoms with Gasteiger partial charge in [0.2, 0.25) is 0 Å². The standard InChI is InChI=1S/C6H8N2OS/c1-7-5-4-10-6(8-5)3-9-2/h4H,1,3H2,2H3. The number of aromatic nitrogens is 1. The van der Waals surface area contributed by atoms with Crippen molar-refractivity contribution < 1.29 is 4.74 Å². The average Bonchev–Trinajstić information content (AvgIpc) is 2.37. The molecule has 0 aromatic carbocycles. The van der Waals surface area contributed by atoms with Crippen molar-refractivity contribution in [3.8, 4) is 0 Å². The van der Waals surface area contributed by atoms with Crippen LogP contribution in [0.3, 0.4) is 0 Å². The van der Waals surface area contributed by atoms with E-state index in [0.29, 0.717) is 12.4 Å². The van der Waals surface area contributed by atoms with Gasteiger partial charge >= 0.3 is 0 Å². The lowest BCUT2D eigenvalue weighted by Gasteiger charge is -1.88. The first-order chi connectivity index (χ1) is 4.86. The maximum Gasteiger partial charge on any atom is 0.162 e. The van der Waals surface area contributed by atoms with Crippen LogP contribution in [0.2, 0.25) is 0 Å². The number of nitrogens with zero attached hydrogens (tertiary/aromatic N) is 2. The number of hydrogen-bond donors (Lipinski definition) is 0. The van der Waals surface area contributed by atoms with Crippen LogP contribution >= 0.6 is 11.3 Å². The van der Waals surface area contributed by atoms with Gasteiger partial charge in [-0.3, -0.25) is 0 Å². The van der Waals surface area contributed by atoms with E-state index >= 15 is 0 Å². The highest BCUT2D eigenvalue weighted by atomic mass is 32.1. The minimum Gasteiger partial charge on any atom is -0.378 e. The molecule has 0 unspecified atom stereocenters. The SMILES string of the molecule is C=Nc1csc(COC)n1. The largest absolute Gasteiger partial charge is 0.378 e. The van der Waals surface area contributed by atoms with Crippen LogP contribution in [0.15, 0.2) is 10.4 Å². The molecule has 1 aromatic heterocycles. The second-order valence-electron chi connectivity index (χ2n) is 1.69. The van der Waals surface area contributed by atoms with Gasteiger partial charge in [0.1, 0.15) is 5.01 Å². The van der Waals surface area contributed by atoms with Gasteiger partial charge in [0, 0.05) is 12.5 Å². The summed E-state index contributed by atoms with van der Waals surface area (Å²) in [5, 5.41) is 2.78. The van der Waals surface area contributed by atoms with E-state index in [9.17, 15) is 0 Å². The third kappa shape index (κ3) is 1.62. The summed E-state index contributed by atoms with van der Waals surface area (Å²) in [6, 6.07) is 0. The molecule has 4 heteroatoms. The lowest BCUT2D eigenvalue weighted by Crippen LogP contribution is -1.83. The van der Waals surface area contributed by atoms with E-state index < -0.39 is 0 Å². The summed E-state index contributed by atoms with van der Waals surface area (Å²) >= 11 is 1.53. The van der Waals surface area contributed by atoms with Crippen LogP contribution in [0.5, 0.6) is 0 Å². The number of thiazole rings is 1. The number of hydrogen-bond acceptors (Lipinski definition) is 4. The summed E-state index contributed by atoms with van der Waals surface area (Å²) in [6.07, 6.45) is 0. The Morgan fingerprint density at radius 1 is 1.90 bits per heavy atom. The minimum atomic E-state index is 0.556. The summed E-state index contributed by atoms with van der Waals surface area (Å²) in [6.45, 7) is 3.91. The average molecular weight is 156 g/mol. The second-order valence-corrected chi connectivity index (χ2v) is 2.63. The van der Waals surface area contributed by atoms with Crippen LogP contribution in [-0.4, -0.2) is 18.8 Å². The van der Waals surface area contributed by atoms with Crippen LogP contribution < -0.4 is 0 Å². The van der Waals surface area contributed by atoms with Gasteiger partial charge in [-0.2, -0.15) is 0 Å². The maximum absolute atomic E-state index is 4.87. The van der Waals surface area contributed by atoms with Crippen molar-refractivity contribution in [2.75, 3.05) is 7.11 Å². The molecule has 1 heterocycles. The minimum absolute atomic E-state index is 0.556. The molecule has 0 fully saturated rings. The molecule has 0 N–H and O–H groups in total. The van der Waals surface area contributed by atoms with Gasteiger partial charge in [0.15, 0.2) is 5.82 Å². The Bertz CT molecular complexity index is 221. The lowest BCUT2D eigenvalue weighted by molar-refractivity contribution is 0.184. The molecule has 0 saturated carbocycles. The molecule has 0 saturated heterocycles. The molecule has 0 spiro atoms. The molecule has 1 aromatic rings. The molecule has 0 aliphatic rings. The number of methoxy groups -OCH3 is 1. The zero-order valence-corrected chi connectivity index (χ0v) is 6.52. The van der Waals surface area contributed by atoms with Gasteiger partial charge in [-0.1, -0.05) is 0 Å². The first kappa shape index (κ1) is 7.37. The van der Waals surface area contributed by atoms with Gasteiger partial charge in [-0.05, 0) is 6.72 Å². The van der Waals surface area contributed by atoms with Gasteiger partial charge in [0.05, 0.1) is 6.61 Å². The predicted octanol–water partition coefficient (Wildman–Crippen LogP) is 1.62. The summed E-state index contributed by atoms with van der Waals surface area (Å²) in [4.78, 5) is 7.75. The second kappa shape index (κ2) is 3.43. The van der Waals surface area contributed by atoms with E-state index in [1.54, 1.807) is 7.11 Å². The van der Waals surface area contributed by atoms with Gasteiger partial charge < -0.3 is 4.74 Å². The molecule has 0 aliphatic carbocycles. The van der Waals surface area contributed by atoms with Crippen molar-refractivity contribution in [2.45, 2.75) is 6.61 Å². The van der Waals surface area contributed by atoms with Gasteiger partial charge in [-0.25, -0.2) is 9.98 Å². The molecule has 54 valence electrons. The van der Waals surface area contributed by atoms with E-state index in [0.717, 1.165) is 5.01 Å². The van der Waals surface area contributed by atoms with Crippen LogP contribution in [-0.2, 0) is 11.3 Å². The van der Waals surface area contributed by atoms with E-state index in [-0.39, 0.29) is 0 Å². The van der Waals surface area contributed by atoms with Crippen LogP contribution in [0.4, 0.5) is 5.82 Å². The van der Waals surface area contributed by atoms with Crippen molar-refractivity contribution in [1.82, 2.24) is 4.98 Å². The smallest absolute Gasteiger partial charge is 0.162 e. The van der Waals surface area contributed by atoms with E-state index in [2.05, 4.69) is 16.7 Å². The molecule has 0 amide bonds. The normalized spacial score (nSPS) is 9.70. The molecular formula is C6H8N2OS. The molecule has 0 atom stereocenters. The quantitative estimate of drug-likeness (QED) is 0.623. The molecule has 10 heavy (non-hydrogen) atoms. The fourth-order valence-electron chi connectivity index (χ4n) is 0.564. The van der Waals surface area contributed by atoms with Crippen molar-refractivity contribution in [2.24, 2.45) is 4.99 Å². The Kier molecular flexibility index (Phi) is 2.53. The fraction of sp³-hybridized carbons (Fsp3) is 0.333. The zero-order chi connectivity index (χ0) is 7.40. The molecule has 1 rings (SSSR count). The summed E-state index contributed by atoms with van der Waals surface area (Å²) < 4.78 is 4.87. The van der Waals surface area contributed by atoms with Crippen LogP contribution in [0, 0.1) is 0 Å². The molecule has 0 aliphatic heterocycles. The number of aliphatic imine (C=N–C) groups is 1. The number of ether oxygens (including phenoxy) is 1. The topological polar surface area (TPSA) is 34.5 Å². The molecule has 0 bridgehead atoms. The van der Waals surface area contributed by atoms with E-state index in [1.807, 2.05) is 5.38 Å². The summed E-state index contributed by atoms with van der Waals surface area (Å²) in [7, 11) is 1.64. The van der Waals surface area contributed by atoms with Crippen molar-refractivity contribution >= 4 is 23.9 Å². The summed E-state index contributed by atoms with van der Waals surface area (Å²) in [5.41, 5.74) is 0.